The predicted molar refractivity (Wildman–Crippen MR) is 142 cm³/mol. The molecule has 0 saturated carbocycles. The first-order chi connectivity index (χ1) is 15.6. The molecular weight excluding hydrogens is 481 g/mol. The molecule has 0 atom stereocenters. The van der Waals surface area contributed by atoms with Gasteiger partial charge < -0.3 is 10.8 Å². The van der Waals surface area contributed by atoms with E-state index in [1.54, 1.807) is 18.2 Å². The van der Waals surface area contributed by atoms with E-state index < -0.39 is 0 Å². The van der Waals surface area contributed by atoms with Crippen molar-refractivity contribution in [1.82, 2.24) is 4.98 Å². The number of hydrogen-bond acceptors (Lipinski definition) is 5. The Hall–Kier alpha value is -2.70. The molecule has 1 radical (unpaired) electrons. The molecule has 0 saturated heterocycles. The molecule has 0 bridgehead atoms. The number of ketones is 2. The predicted octanol–water partition coefficient (Wildman–Crippen LogP) is 7.36. The van der Waals surface area contributed by atoms with E-state index in [1.165, 1.54) is 25.0 Å². The molecule has 1 heterocycles. The van der Waals surface area contributed by atoms with E-state index in [-0.39, 0.29) is 39.2 Å². The van der Waals surface area contributed by atoms with Crippen molar-refractivity contribution in [2.45, 2.75) is 68.2 Å². The Morgan fingerprint density at radius 1 is 0.743 bits per heavy atom. The van der Waals surface area contributed by atoms with Gasteiger partial charge in [-0.15, -0.1) is 0 Å². The van der Waals surface area contributed by atoms with Gasteiger partial charge in [0.25, 0.3) is 0 Å². The molecular formula is C29H39CoN3O2. The van der Waals surface area contributed by atoms with Gasteiger partial charge in [-0.2, -0.15) is 0 Å². The van der Waals surface area contributed by atoms with E-state index in [9.17, 15) is 9.59 Å². The third kappa shape index (κ3) is 11.1. The largest absolute Gasteiger partial charge is 0.305 e. The Labute approximate surface area is 221 Å². The number of carbonyl (C=O) groups is 2. The van der Waals surface area contributed by atoms with Crippen LogP contribution in [0, 0.1) is 21.6 Å². The van der Waals surface area contributed by atoms with Crippen LogP contribution in [0.25, 0.3) is 0 Å². The summed E-state index contributed by atoms with van der Waals surface area (Å²) in [7, 11) is 0. The quantitative estimate of drug-likeness (QED) is 0.399. The zero-order valence-corrected chi connectivity index (χ0v) is 23.2. The van der Waals surface area contributed by atoms with Gasteiger partial charge in [-0.25, -0.2) is 4.98 Å². The van der Waals surface area contributed by atoms with E-state index in [4.69, 9.17) is 10.8 Å². The molecule has 6 heteroatoms. The van der Waals surface area contributed by atoms with Crippen LogP contribution in [-0.4, -0.2) is 28.0 Å². The Balaban J connectivity index is 0.000000489. The number of pyridine rings is 1. The van der Waals surface area contributed by atoms with Crippen LogP contribution in [0.3, 0.4) is 0 Å². The summed E-state index contributed by atoms with van der Waals surface area (Å²) in [4.78, 5) is 25.6. The van der Waals surface area contributed by atoms with Gasteiger partial charge >= 0.3 is 0 Å². The van der Waals surface area contributed by atoms with Gasteiger partial charge in [0.05, 0.1) is 0 Å². The normalized spacial score (nSPS) is 14.9. The molecule has 2 N–H and O–H groups in total. The Morgan fingerprint density at radius 2 is 1.09 bits per heavy atom. The summed E-state index contributed by atoms with van der Waals surface area (Å²) in [5.74, 6) is -0.254. The van der Waals surface area contributed by atoms with Crippen molar-refractivity contribution in [2.75, 3.05) is 0 Å². The number of nitrogens with one attached hydrogen (secondary N) is 2. The number of Topliss-reactive ketones (excluding diaryl/α,β-unsaturated/α-hetero) is 2. The molecule has 0 spiro atoms. The third-order valence-corrected chi connectivity index (χ3v) is 5.18. The molecule has 3 rings (SSSR count). The number of hydrogen-bond donors (Lipinski definition) is 2. The fraction of sp³-hybridized carbons (Fsp3) is 0.414. The molecule has 0 fully saturated rings. The summed E-state index contributed by atoms with van der Waals surface area (Å²) in [6.07, 6.45) is 13.8. The topological polar surface area (TPSA) is 94.7 Å². The average molecular weight is 521 g/mol. The first-order valence-corrected chi connectivity index (χ1v) is 11.5. The molecule has 2 aliphatic carbocycles. The Kier molecular flexibility index (Phi) is 12.9. The maximum atomic E-state index is 10.8. The van der Waals surface area contributed by atoms with Crippen molar-refractivity contribution in [1.29, 1.82) is 10.8 Å². The fourth-order valence-electron chi connectivity index (χ4n) is 3.35. The SMILES string of the molecule is CC(=O)c1cccc(C(C)=O)n1.CC(C)(C)C1=CC=CCC1=N.CC(C)(C)C1=CC=CCC1=N.[Co]. The van der Waals surface area contributed by atoms with Crippen LogP contribution in [-0.2, 0) is 16.8 Å². The first kappa shape index (κ1) is 32.3. The van der Waals surface area contributed by atoms with Crippen LogP contribution in [0.2, 0.25) is 0 Å². The van der Waals surface area contributed by atoms with Crippen LogP contribution in [0.15, 0.2) is 65.8 Å². The van der Waals surface area contributed by atoms with Crippen molar-refractivity contribution in [3.05, 3.63) is 77.2 Å². The minimum Gasteiger partial charge on any atom is -0.305 e. The number of aromatic nitrogens is 1. The van der Waals surface area contributed by atoms with E-state index >= 15 is 0 Å². The number of rotatable bonds is 2. The molecule has 1 aromatic rings. The average Bonchev–Trinajstić information content (AvgIpc) is 2.74. The van der Waals surface area contributed by atoms with Crippen molar-refractivity contribution in [2.24, 2.45) is 10.8 Å². The molecule has 0 aliphatic heterocycles. The summed E-state index contributed by atoms with van der Waals surface area (Å²) >= 11 is 0. The van der Waals surface area contributed by atoms with Crippen molar-refractivity contribution < 1.29 is 26.4 Å². The fourth-order valence-corrected chi connectivity index (χ4v) is 3.35. The van der Waals surface area contributed by atoms with Crippen LogP contribution in [0.1, 0.15) is 89.2 Å². The van der Waals surface area contributed by atoms with Crippen LogP contribution in [0.5, 0.6) is 0 Å². The molecule has 5 nitrogen and oxygen atoms in total. The van der Waals surface area contributed by atoms with Gasteiger partial charge in [0.15, 0.2) is 11.6 Å². The minimum atomic E-state index is -0.127. The smallest absolute Gasteiger partial charge is 0.178 e. The zero-order chi connectivity index (χ0) is 26.1. The number of nitrogens with zero attached hydrogens (tertiary/aromatic N) is 1. The molecule has 191 valence electrons. The summed E-state index contributed by atoms with van der Waals surface area (Å²) in [6, 6.07) is 4.84. The molecule has 0 amide bonds. The standard InChI is InChI=1S/2C10H15N.C9H9NO2.Co/c2*1-10(2,3)8-6-4-5-7-9(8)11;1-6(11)8-4-3-5-9(10-8)7(2)12;/h2*4-6,11H,7H2,1-3H3;3-5H,1-2H3;. The second kappa shape index (κ2) is 14.0. The van der Waals surface area contributed by atoms with Gasteiger partial charge in [0.1, 0.15) is 11.4 Å². The summed E-state index contributed by atoms with van der Waals surface area (Å²) < 4.78 is 0. The second-order valence-corrected chi connectivity index (χ2v) is 10.4. The van der Waals surface area contributed by atoms with Gasteiger partial charge in [-0.1, -0.05) is 84.1 Å². The molecule has 35 heavy (non-hydrogen) atoms. The maximum absolute atomic E-state index is 10.8. The first-order valence-electron chi connectivity index (χ1n) is 11.5. The van der Waals surface area contributed by atoms with Crippen molar-refractivity contribution in [3.63, 3.8) is 0 Å². The second-order valence-electron chi connectivity index (χ2n) is 10.4. The molecule has 0 aromatic carbocycles. The van der Waals surface area contributed by atoms with Gasteiger partial charge in [0, 0.05) is 54.9 Å². The molecule has 1 aromatic heterocycles. The Morgan fingerprint density at radius 3 is 1.31 bits per heavy atom. The third-order valence-electron chi connectivity index (χ3n) is 5.18. The maximum Gasteiger partial charge on any atom is 0.178 e. The van der Waals surface area contributed by atoms with E-state index in [2.05, 4.69) is 46.5 Å². The van der Waals surface area contributed by atoms with Gasteiger partial charge in [0.2, 0.25) is 0 Å². The summed E-state index contributed by atoms with van der Waals surface area (Å²) in [6.45, 7) is 15.7. The Bertz CT molecular complexity index is 981. The minimum absolute atomic E-state index is 0. The van der Waals surface area contributed by atoms with Crippen LogP contribution < -0.4 is 0 Å². The van der Waals surface area contributed by atoms with Gasteiger partial charge in [-0.05, 0) is 34.1 Å². The van der Waals surface area contributed by atoms with E-state index in [1.807, 2.05) is 36.5 Å². The van der Waals surface area contributed by atoms with Crippen molar-refractivity contribution in [3.8, 4) is 0 Å². The van der Waals surface area contributed by atoms with E-state index in [0.29, 0.717) is 11.4 Å². The molecule has 2 aliphatic rings. The van der Waals surface area contributed by atoms with Gasteiger partial charge in [-0.3, -0.25) is 9.59 Å². The number of carbonyl (C=O) groups excluding carboxylic acids is 2. The molecule has 0 unspecified atom stereocenters. The summed E-state index contributed by atoms with van der Waals surface area (Å²) in [5, 5.41) is 15.4. The summed E-state index contributed by atoms with van der Waals surface area (Å²) in [5.41, 5.74) is 4.79. The zero-order valence-electron chi connectivity index (χ0n) is 22.2. The van der Waals surface area contributed by atoms with E-state index in [0.717, 1.165) is 24.3 Å². The number of allylic oxidation sites excluding steroid dienone is 8. The van der Waals surface area contributed by atoms with Crippen LogP contribution in [0.4, 0.5) is 0 Å². The van der Waals surface area contributed by atoms with Crippen molar-refractivity contribution >= 4 is 23.0 Å². The monoisotopic (exact) mass is 520 g/mol. The van der Waals surface area contributed by atoms with Crippen LogP contribution >= 0.6 is 0 Å².